The number of thioether (sulfide) groups is 1. The lowest BCUT2D eigenvalue weighted by Crippen LogP contribution is -2.26. The van der Waals surface area contributed by atoms with Gasteiger partial charge < -0.3 is 0 Å². The normalized spacial score (nSPS) is 13.6. The van der Waals surface area contributed by atoms with Crippen LogP contribution in [-0.4, -0.2) is 9.49 Å². The molecule has 0 aromatic carbocycles. The topological polar surface area (TPSA) is 0 Å². The molecule has 0 saturated carbocycles. The molecular formula is C18H38S. The Morgan fingerprint density at radius 2 is 1.00 bits per heavy atom. The lowest BCUT2D eigenvalue weighted by atomic mass is 10.00. The maximum absolute atomic E-state index is 2.43. The fraction of sp³-hybridized carbons (Fsp3) is 1.00. The lowest BCUT2D eigenvalue weighted by molar-refractivity contribution is 0.483. The van der Waals surface area contributed by atoms with Crippen LogP contribution in [0, 0.1) is 11.8 Å². The molecule has 0 rings (SSSR count). The van der Waals surface area contributed by atoms with E-state index >= 15 is 0 Å². The van der Waals surface area contributed by atoms with E-state index in [9.17, 15) is 0 Å². The van der Waals surface area contributed by atoms with Crippen LogP contribution >= 0.6 is 11.8 Å². The minimum absolute atomic E-state index is 0.427. The Kier molecular flexibility index (Phi) is 8.75. The van der Waals surface area contributed by atoms with Gasteiger partial charge >= 0.3 is 0 Å². The minimum Gasteiger partial charge on any atom is -0.149 e. The molecule has 0 fully saturated rings. The van der Waals surface area contributed by atoms with Gasteiger partial charge in [0.05, 0.1) is 0 Å². The van der Waals surface area contributed by atoms with Gasteiger partial charge in [-0.15, -0.1) is 11.8 Å². The summed E-state index contributed by atoms with van der Waals surface area (Å²) in [5, 5.41) is 0. The van der Waals surface area contributed by atoms with Gasteiger partial charge in [-0.2, -0.15) is 0 Å². The monoisotopic (exact) mass is 286 g/mol. The van der Waals surface area contributed by atoms with Crippen molar-refractivity contribution in [3.63, 3.8) is 0 Å². The van der Waals surface area contributed by atoms with Crippen molar-refractivity contribution in [3.05, 3.63) is 0 Å². The molecule has 19 heavy (non-hydrogen) atoms. The molecule has 0 N–H and O–H groups in total. The smallest absolute Gasteiger partial charge is 0.0109 e. The Morgan fingerprint density at radius 1 is 0.684 bits per heavy atom. The largest absolute Gasteiger partial charge is 0.149 e. The first kappa shape index (κ1) is 19.4. The van der Waals surface area contributed by atoms with E-state index in [0.29, 0.717) is 9.49 Å². The Morgan fingerprint density at radius 3 is 1.26 bits per heavy atom. The third-order valence-electron chi connectivity index (χ3n) is 3.67. The second-order valence-electron chi connectivity index (χ2n) is 8.19. The molecule has 0 spiro atoms. The van der Waals surface area contributed by atoms with E-state index in [1.807, 2.05) is 0 Å². The van der Waals surface area contributed by atoms with Crippen molar-refractivity contribution in [2.45, 2.75) is 103 Å². The molecule has 0 bridgehead atoms. The van der Waals surface area contributed by atoms with Crippen LogP contribution in [0.4, 0.5) is 0 Å². The van der Waals surface area contributed by atoms with Crippen LogP contribution in [0.3, 0.4) is 0 Å². The summed E-state index contributed by atoms with van der Waals surface area (Å²) in [5.74, 6) is 1.69. The highest BCUT2D eigenvalue weighted by molar-refractivity contribution is 8.01. The Balaban J connectivity index is 4.06. The molecule has 0 heterocycles. The second kappa shape index (κ2) is 8.60. The average Bonchev–Trinajstić information content (AvgIpc) is 2.12. The van der Waals surface area contributed by atoms with E-state index in [-0.39, 0.29) is 0 Å². The molecule has 0 nitrogen and oxygen atoms in total. The highest BCUT2D eigenvalue weighted by Crippen LogP contribution is 2.42. The molecule has 0 radical (unpaired) electrons. The predicted octanol–water partition coefficient (Wildman–Crippen LogP) is 6.93. The first-order chi connectivity index (χ1) is 8.54. The fourth-order valence-corrected chi connectivity index (χ4v) is 4.71. The molecule has 0 aliphatic heterocycles. The maximum Gasteiger partial charge on any atom is 0.0109 e. The van der Waals surface area contributed by atoms with Crippen LogP contribution < -0.4 is 0 Å². The quantitative estimate of drug-likeness (QED) is 0.419. The van der Waals surface area contributed by atoms with Crippen LogP contribution in [0.5, 0.6) is 0 Å². The Labute approximate surface area is 127 Å². The molecule has 0 unspecified atom stereocenters. The predicted molar refractivity (Wildman–Crippen MR) is 93.1 cm³/mol. The molecule has 0 saturated heterocycles. The summed E-state index contributed by atoms with van der Waals surface area (Å²) in [4.78, 5) is 0. The molecular weight excluding hydrogens is 248 g/mol. The van der Waals surface area contributed by atoms with Crippen LogP contribution in [0.2, 0.25) is 0 Å². The first-order valence-electron chi connectivity index (χ1n) is 8.24. The van der Waals surface area contributed by atoms with Gasteiger partial charge in [-0.1, -0.05) is 81.1 Å². The van der Waals surface area contributed by atoms with E-state index in [0.717, 1.165) is 11.8 Å². The van der Waals surface area contributed by atoms with Crippen molar-refractivity contribution in [1.82, 2.24) is 0 Å². The molecule has 0 amide bonds. The first-order valence-corrected chi connectivity index (χ1v) is 9.06. The summed E-state index contributed by atoms with van der Waals surface area (Å²) < 4.78 is 0.854. The van der Waals surface area contributed by atoms with Gasteiger partial charge in [0.25, 0.3) is 0 Å². The zero-order valence-corrected chi connectivity index (χ0v) is 15.6. The third-order valence-corrected chi connectivity index (χ3v) is 5.19. The van der Waals surface area contributed by atoms with Gasteiger partial charge in [-0.05, 0) is 24.7 Å². The van der Waals surface area contributed by atoms with E-state index in [1.54, 1.807) is 0 Å². The Hall–Kier alpha value is 0.350. The van der Waals surface area contributed by atoms with E-state index in [4.69, 9.17) is 0 Å². The van der Waals surface area contributed by atoms with Crippen LogP contribution in [0.1, 0.15) is 93.9 Å². The van der Waals surface area contributed by atoms with Gasteiger partial charge in [0.15, 0.2) is 0 Å². The SMILES string of the molecule is CC(C)CCCC(C)(C)SC(C)(C)CCCC(C)C. The maximum atomic E-state index is 2.43. The van der Waals surface area contributed by atoms with E-state index < -0.39 is 0 Å². The molecule has 0 aromatic rings. The van der Waals surface area contributed by atoms with Crippen LogP contribution in [0.15, 0.2) is 0 Å². The van der Waals surface area contributed by atoms with E-state index in [1.165, 1.54) is 38.5 Å². The number of rotatable bonds is 10. The summed E-state index contributed by atoms with van der Waals surface area (Å²) >= 11 is 2.21. The summed E-state index contributed by atoms with van der Waals surface area (Å²) in [5.41, 5.74) is 0. The molecule has 1 heteroatoms. The summed E-state index contributed by atoms with van der Waals surface area (Å²) in [6.45, 7) is 19.0. The molecule has 0 atom stereocenters. The van der Waals surface area contributed by atoms with Gasteiger partial charge in [0, 0.05) is 9.49 Å². The highest BCUT2D eigenvalue weighted by Gasteiger charge is 2.28. The third kappa shape index (κ3) is 11.8. The van der Waals surface area contributed by atoms with Gasteiger partial charge in [-0.25, -0.2) is 0 Å². The van der Waals surface area contributed by atoms with Crippen molar-refractivity contribution < 1.29 is 0 Å². The Bertz CT molecular complexity index is 202. The minimum atomic E-state index is 0.427. The average molecular weight is 287 g/mol. The summed E-state index contributed by atoms with van der Waals surface area (Å²) in [7, 11) is 0. The van der Waals surface area contributed by atoms with Gasteiger partial charge in [0.1, 0.15) is 0 Å². The van der Waals surface area contributed by atoms with Crippen LogP contribution in [-0.2, 0) is 0 Å². The van der Waals surface area contributed by atoms with Crippen molar-refractivity contribution in [2.75, 3.05) is 0 Å². The molecule has 0 aliphatic carbocycles. The van der Waals surface area contributed by atoms with Gasteiger partial charge in [-0.3, -0.25) is 0 Å². The highest BCUT2D eigenvalue weighted by atomic mass is 32.2. The van der Waals surface area contributed by atoms with Crippen molar-refractivity contribution in [2.24, 2.45) is 11.8 Å². The van der Waals surface area contributed by atoms with Crippen molar-refractivity contribution in [3.8, 4) is 0 Å². The number of hydrogen-bond donors (Lipinski definition) is 0. The fourth-order valence-electron chi connectivity index (χ4n) is 2.72. The summed E-state index contributed by atoms with van der Waals surface area (Å²) in [6, 6.07) is 0. The number of hydrogen-bond acceptors (Lipinski definition) is 1. The molecule has 0 aliphatic rings. The van der Waals surface area contributed by atoms with Gasteiger partial charge in [0.2, 0.25) is 0 Å². The molecule has 116 valence electrons. The lowest BCUT2D eigenvalue weighted by Gasteiger charge is -2.35. The molecule has 0 aromatic heterocycles. The van der Waals surface area contributed by atoms with Crippen LogP contribution in [0.25, 0.3) is 0 Å². The zero-order valence-electron chi connectivity index (χ0n) is 14.8. The zero-order chi connectivity index (χ0) is 15.1. The standard InChI is InChI=1S/C18H38S/c1-15(2)11-9-13-17(5,6)19-18(7,8)14-10-12-16(3)4/h15-16H,9-14H2,1-8H3. The van der Waals surface area contributed by atoms with Crippen molar-refractivity contribution in [1.29, 1.82) is 0 Å². The summed E-state index contributed by atoms with van der Waals surface area (Å²) in [6.07, 6.45) is 8.20. The second-order valence-corrected chi connectivity index (χ2v) is 10.6. The van der Waals surface area contributed by atoms with Crippen molar-refractivity contribution >= 4 is 11.8 Å². The van der Waals surface area contributed by atoms with E-state index in [2.05, 4.69) is 67.2 Å².